The molecule has 0 aliphatic carbocycles. The molecule has 2 heterocycles. The van der Waals surface area contributed by atoms with E-state index in [-0.39, 0.29) is 0 Å². The predicted octanol–water partition coefficient (Wildman–Crippen LogP) is 0.672. The first-order valence-corrected chi connectivity index (χ1v) is 4.82. The minimum Gasteiger partial charge on any atom is -0.477 e. The summed E-state index contributed by atoms with van der Waals surface area (Å²) in [5.74, 6) is -0.925. The Labute approximate surface area is 92.1 Å². The van der Waals surface area contributed by atoms with Crippen LogP contribution in [-0.2, 0) is 13.6 Å². The zero-order valence-corrected chi connectivity index (χ0v) is 9.08. The zero-order valence-electron chi connectivity index (χ0n) is 9.08. The summed E-state index contributed by atoms with van der Waals surface area (Å²) in [6, 6.07) is 1.78. The van der Waals surface area contributed by atoms with E-state index in [1.807, 2.05) is 0 Å². The van der Waals surface area contributed by atoms with Crippen LogP contribution in [-0.4, -0.2) is 30.6 Å². The number of carboxylic acids is 1. The number of aromatic nitrogens is 4. The molecule has 0 atom stereocenters. The minimum atomic E-state index is -0.925. The fraction of sp³-hybridized carbons (Fsp3) is 0.300. The fourth-order valence-electron chi connectivity index (χ4n) is 1.65. The van der Waals surface area contributed by atoms with Gasteiger partial charge in [0.05, 0.1) is 6.54 Å². The quantitative estimate of drug-likeness (QED) is 0.825. The summed E-state index contributed by atoms with van der Waals surface area (Å²) >= 11 is 0. The van der Waals surface area contributed by atoms with Gasteiger partial charge >= 0.3 is 5.97 Å². The second-order valence-corrected chi connectivity index (χ2v) is 3.66. The Morgan fingerprint density at radius 1 is 1.56 bits per heavy atom. The number of carboxylic acid groups (broad SMARTS) is 1. The molecule has 2 rings (SSSR count). The maximum atomic E-state index is 11.0. The maximum absolute atomic E-state index is 11.0. The highest BCUT2D eigenvalue weighted by molar-refractivity contribution is 5.87. The molecule has 0 unspecified atom stereocenters. The van der Waals surface area contributed by atoms with E-state index >= 15 is 0 Å². The average molecular weight is 220 g/mol. The highest BCUT2D eigenvalue weighted by Gasteiger charge is 2.14. The molecule has 2 aromatic heterocycles. The van der Waals surface area contributed by atoms with Gasteiger partial charge in [0.25, 0.3) is 0 Å². The molecule has 0 bridgehead atoms. The summed E-state index contributed by atoms with van der Waals surface area (Å²) in [4.78, 5) is 11.0. The van der Waals surface area contributed by atoms with Crippen LogP contribution in [0.5, 0.6) is 0 Å². The molecule has 0 saturated carbocycles. The number of rotatable bonds is 3. The topological polar surface area (TPSA) is 72.9 Å². The van der Waals surface area contributed by atoms with Crippen molar-refractivity contribution in [2.75, 3.05) is 0 Å². The van der Waals surface area contributed by atoms with Crippen LogP contribution in [0.1, 0.15) is 21.7 Å². The van der Waals surface area contributed by atoms with Crippen LogP contribution in [0.15, 0.2) is 18.5 Å². The van der Waals surface area contributed by atoms with E-state index in [0.717, 1.165) is 11.3 Å². The van der Waals surface area contributed by atoms with E-state index in [2.05, 4.69) is 10.3 Å². The van der Waals surface area contributed by atoms with Gasteiger partial charge in [0.15, 0.2) is 0 Å². The summed E-state index contributed by atoms with van der Waals surface area (Å²) in [6.45, 7) is 2.19. The predicted molar refractivity (Wildman–Crippen MR) is 56.2 cm³/mol. The van der Waals surface area contributed by atoms with Crippen molar-refractivity contribution >= 4 is 5.97 Å². The van der Waals surface area contributed by atoms with E-state index in [1.165, 1.54) is 0 Å². The molecule has 0 aliphatic heterocycles. The smallest absolute Gasteiger partial charge is 0.352 e. The van der Waals surface area contributed by atoms with Gasteiger partial charge in [0, 0.05) is 19.4 Å². The minimum absolute atomic E-state index is 0.297. The lowest BCUT2D eigenvalue weighted by Crippen LogP contribution is -2.10. The van der Waals surface area contributed by atoms with E-state index in [0.29, 0.717) is 12.2 Å². The van der Waals surface area contributed by atoms with Crippen molar-refractivity contribution in [2.45, 2.75) is 13.5 Å². The molecule has 16 heavy (non-hydrogen) atoms. The van der Waals surface area contributed by atoms with Gasteiger partial charge < -0.3 is 9.67 Å². The van der Waals surface area contributed by atoms with Gasteiger partial charge in [-0.2, -0.15) is 0 Å². The van der Waals surface area contributed by atoms with Crippen LogP contribution in [0.4, 0.5) is 0 Å². The molecular weight excluding hydrogens is 208 g/mol. The first-order valence-electron chi connectivity index (χ1n) is 4.82. The number of aromatic carboxylic acids is 1. The van der Waals surface area contributed by atoms with Gasteiger partial charge in [-0.15, -0.1) is 5.10 Å². The van der Waals surface area contributed by atoms with E-state index in [9.17, 15) is 4.79 Å². The van der Waals surface area contributed by atoms with Gasteiger partial charge in [-0.3, -0.25) is 4.68 Å². The van der Waals surface area contributed by atoms with Crippen LogP contribution >= 0.6 is 0 Å². The Morgan fingerprint density at radius 2 is 2.31 bits per heavy atom. The zero-order chi connectivity index (χ0) is 11.7. The summed E-state index contributed by atoms with van der Waals surface area (Å²) in [7, 11) is 1.77. The van der Waals surface area contributed by atoms with Crippen molar-refractivity contribution < 1.29 is 9.90 Å². The summed E-state index contributed by atoms with van der Waals surface area (Å²) in [5, 5.41) is 16.8. The maximum Gasteiger partial charge on any atom is 0.352 e. The first-order chi connectivity index (χ1) is 7.58. The van der Waals surface area contributed by atoms with Crippen molar-refractivity contribution in [1.29, 1.82) is 0 Å². The van der Waals surface area contributed by atoms with Crippen LogP contribution in [0.2, 0.25) is 0 Å². The number of hydrogen-bond donors (Lipinski definition) is 1. The molecule has 2 aromatic rings. The van der Waals surface area contributed by atoms with Gasteiger partial charge in [-0.05, 0) is 18.6 Å². The summed E-state index contributed by atoms with van der Waals surface area (Å²) in [6.07, 6.45) is 3.51. The van der Waals surface area contributed by atoms with Gasteiger partial charge in [-0.25, -0.2) is 4.79 Å². The Balaban J connectivity index is 2.31. The molecule has 1 N–H and O–H groups in total. The molecule has 84 valence electrons. The Bertz CT molecular complexity index is 527. The highest BCUT2D eigenvalue weighted by atomic mass is 16.4. The number of carbonyl (C=O) groups is 1. The fourth-order valence-corrected chi connectivity index (χ4v) is 1.65. The van der Waals surface area contributed by atoms with Crippen LogP contribution < -0.4 is 0 Å². The Morgan fingerprint density at radius 3 is 2.88 bits per heavy atom. The molecular formula is C10H12N4O2. The molecule has 6 nitrogen and oxygen atoms in total. The van der Waals surface area contributed by atoms with Gasteiger partial charge in [-0.1, -0.05) is 5.21 Å². The molecule has 0 spiro atoms. The Kier molecular flexibility index (Phi) is 2.47. The molecule has 0 aliphatic rings. The first kappa shape index (κ1) is 10.4. The lowest BCUT2D eigenvalue weighted by atomic mass is 10.3. The van der Waals surface area contributed by atoms with E-state index in [1.54, 1.807) is 41.7 Å². The third kappa shape index (κ3) is 1.81. The van der Waals surface area contributed by atoms with Crippen molar-refractivity contribution in [3.63, 3.8) is 0 Å². The second-order valence-electron chi connectivity index (χ2n) is 3.66. The van der Waals surface area contributed by atoms with Crippen LogP contribution in [0.25, 0.3) is 0 Å². The molecule has 0 amide bonds. The molecule has 0 radical (unpaired) electrons. The normalized spacial score (nSPS) is 10.6. The van der Waals surface area contributed by atoms with E-state index < -0.39 is 5.97 Å². The molecule has 0 fully saturated rings. The largest absolute Gasteiger partial charge is 0.477 e. The lowest BCUT2D eigenvalue weighted by Gasteiger charge is -2.03. The lowest BCUT2D eigenvalue weighted by molar-refractivity contribution is 0.0685. The van der Waals surface area contributed by atoms with Crippen molar-refractivity contribution in [2.24, 2.45) is 7.05 Å². The third-order valence-electron chi connectivity index (χ3n) is 2.35. The SMILES string of the molecule is Cc1ccn(Cc2cn(C)nn2)c1C(=O)O. The standard InChI is InChI=1S/C10H12N4O2/c1-7-3-4-14(9(7)10(15)16)6-8-5-13(2)12-11-8/h3-5H,6H2,1-2H3,(H,15,16). The summed E-state index contributed by atoms with van der Waals surface area (Å²) < 4.78 is 3.24. The van der Waals surface area contributed by atoms with E-state index in [4.69, 9.17) is 5.11 Å². The van der Waals surface area contributed by atoms with Crippen LogP contribution in [0.3, 0.4) is 0 Å². The van der Waals surface area contributed by atoms with Crippen molar-refractivity contribution in [3.05, 3.63) is 35.4 Å². The Hall–Kier alpha value is -2.11. The summed E-state index contributed by atoms with van der Waals surface area (Å²) in [5.41, 5.74) is 1.78. The number of nitrogens with zero attached hydrogens (tertiary/aromatic N) is 4. The number of aryl methyl sites for hydroxylation is 2. The van der Waals surface area contributed by atoms with Gasteiger partial charge in [0.1, 0.15) is 11.4 Å². The average Bonchev–Trinajstić information content (AvgIpc) is 2.74. The van der Waals surface area contributed by atoms with Gasteiger partial charge in [0.2, 0.25) is 0 Å². The third-order valence-corrected chi connectivity index (χ3v) is 2.35. The van der Waals surface area contributed by atoms with Crippen molar-refractivity contribution in [1.82, 2.24) is 19.6 Å². The molecule has 0 aromatic carbocycles. The number of hydrogen-bond acceptors (Lipinski definition) is 3. The molecule has 6 heteroatoms. The van der Waals surface area contributed by atoms with Crippen molar-refractivity contribution in [3.8, 4) is 0 Å². The monoisotopic (exact) mass is 220 g/mol. The molecule has 0 saturated heterocycles. The second kappa shape index (κ2) is 3.80. The van der Waals surface area contributed by atoms with Crippen LogP contribution in [0, 0.1) is 6.92 Å². The highest BCUT2D eigenvalue weighted by Crippen LogP contribution is 2.11.